The normalized spacial score (nSPS) is 11.5. The highest BCUT2D eigenvalue weighted by Gasteiger charge is 2.11. The second-order valence-electron chi connectivity index (χ2n) is 4.23. The monoisotopic (exact) mass is 295 g/mol. The molecule has 1 heterocycles. The zero-order valence-electron chi connectivity index (χ0n) is 11.4. The number of rotatable bonds is 6. The van der Waals surface area contributed by atoms with Gasteiger partial charge in [0.1, 0.15) is 0 Å². The van der Waals surface area contributed by atoms with Crippen molar-refractivity contribution < 1.29 is 8.42 Å². The van der Waals surface area contributed by atoms with E-state index in [1.54, 1.807) is 42.1 Å². The zero-order chi connectivity index (χ0) is 14.6. The second kappa shape index (κ2) is 6.02. The minimum Gasteiger partial charge on any atom is -0.379 e. The summed E-state index contributed by atoms with van der Waals surface area (Å²) in [6, 6.07) is 6.60. The molecule has 2 aromatic rings. The molecule has 1 aromatic carbocycles. The van der Waals surface area contributed by atoms with Crippen molar-refractivity contribution in [3.8, 4) is 0 Å². The quantitative estimate of drug-likeness (QED) is 0.820. The summed E-state index contributed by atoms with van der Waals surface area (Å²) in [5.74, 6) is 0. The molecule has 0 aliphatic heterocycles. The Balaban J connectivity index is 2.04. The number of sulfonamides is 1. The van der Waals surface area contributed by atoms with Crippen molar-refractivity contribution in [2.24, 2.45) is 7.05 Å². The molecule has 8 heteroatoms. The predicted octanol–water partition coefficient (Wildman–Crippen LogP) is 0.725. The molecule has 2 rings (SSSR count). The van der Waals surface area contributed by atoms with Crippen molar-refractivity contribution in [1.29, 1.82) is 0 Å². The van der Waals surface area contributed by atoms with Gasteiger partial charge in [-0.3, -0.25) is 4.68 Å². The van der Waals surface area contributed by atoms with Crippen molar-refractivity contribution in [2.45, 2.75) is 18.4 Å². The van der Waals surface area contributed by atoms with Crippen molar-refractivity contribution in [3.05, 3.63) is 36.2 Å². The molecule has 0 atom stereocenters. The van der Waals surface area contributed by atoms with Crippen LogP contribution in [0.4, 0.5) is 5.69 Å². The second-order valence-corrected chi connectivity index (χ2v) is 6.00. The Morgan fingerprint density at radius 1 is 1.25 bits per heavy atom. The summed E-state index contributed by atoms with van der Waals surface area (Å²) in [6.07, 6.45) is 1.68. The van der Waals surface area contributed by atoms with E-state index in [9.17, 15) is 8.42 Å². The van der Waals surface area contributed by atoms with Gasteiger partial charge in [0, 0.05) is 19.3 Å². The highest BCUT2D eigenvalue weighted by molar-refractivity contribution is 7.89. The standard InChI is InChI=1S/C12H17N5O2S/c1-3-15-20(18,19)12-6-4-10(5-7-12)13-8-11-9-14-16-17(11)2/h4-7,9,13,15H,3,8H2,1-2H3. The molecule has 0 aliphatic rings. The molecule has 0 amide bonds. The third-order valence-corrected chi connectivity index (χ3v) is 4.34. The molecule has 108 valence electrons. The molecule has 0 radical (unpaired) electrons. The summed E-state index contributed by atoms with van der Waals surface area (Å²) in [6.45, 7) is 2.69. The first-order valence-electron chi connectivity index (χ1n) is 6.20. The minimum absolute atomic E-state index is 0.257. The lowest BCUT2D eigenvalue weighted by molar-refractivity contribution is 0.584. The van der Waals surface area contributed by atoms with E-state index in [1.807, 2.05) is 7.05 Å². The largest absolute Gasteiger partial charge is 0.379 e. The summed E-state index contributed by atoms with van der Waals surface area (Å²) in [5.41, 5.74) is 1.77. The van der Waals surface area contributed by atoms with E-state index in [1.165, 1.54) is 0 Å². The van der Waals surface area contributed by atoms with Gasteiger partial charge in [-0.1, -0.05) is 12.1 Å². The van der Waals surface area contributed by atoms with Gasteiger partial charge in [-0.25, -0.2) is 13.1 Å². The van der Waals surface area contributed by atoms with Crippen molar-refractivity contribution >= 4 is 15.7 Å². The SMILES string of the molecule is CCNS(=O)(=O)c1ccc(NCc2cnnn2C)cc1. The van der Waals surface area contributed by atoms with Crippen LogP contribution in [0.5, 0.6) is 0 Å². The van der Waals surface area contributed by atoms with Gasteiger partial charge in [0.25, 0.3) is 0 Å². The molecule has 0 aliphatic carbocycles. The molecule has 0 fully saturated rings. The van der Waals surface area contributed by atoms with E-state index < -0.39 is 10.0 Å². The van der Waals surface area contributed by atoms with Crippen LogP contribution in [0, 0.1) is 0 Å². The molecule has 0 bridgehead atoms. The minimum atomic E-state index is -3.39. The highest BCUT2D eigenvalue weighted by Crippen LogP contribution is 2.14. The van der Waals surface area contributed by atoms with Gasteiger partial charge < -0.3 is 5.32 Å². The number of anilines is 1. The van der Waals surface area contributed by atoms with Crippen LogP contribution in [-0.2, 0) is 23.6 Å². The van der Waals surface area contributed by atoms with E-state index >= 15 is 0 Å². The number of nitrogens with one attached hydrogen (secondary N) is 2. The number of hydrogen-bond acceptors (Lipinski definition) is 5. The molecule has 20 heavy (non-hydrogen) atoms. The van der Waals surface area contributed by atoms with E-state index in [4.69, 9.17) is 0 Å². The lowest BCUT2D eigenvalue weighted by Gasteiger charge is -2.08. The lowest BCUT2D eigenvalue weighted by Crippen LogP contribution is -2.23. The number of aromatic nitrogens is 3. The number of hydrogen-bond donors (Lipinski definition) is 2. The van der Waals surface area contributed by atoms with E-state index in [0.29, 0.717) is 13.1 Å². The van der Waals surface area contributed by atoms with Crippen LogP contribution in [0.2, 0.25) is 0 Å². The molecule has 0 saturated heterocycles. The smallest absolute Gasteiger partial charge is 0.240 e. The summed E-state index contributed by atoms with van der Waals surface area (Å²) < 4.78 is 27.7. The summed E-state index contributed by atoms with van der Waals surface area (Å²) in [7, 11) is -1.58. The fourth-order valence-corrected chi connectivity index (χ4v) is 2.73. The van der Waals surface area contributed by atoms with Gasteiger partial charge >= 0.3 is 0 Å². The molecule has 7 nitrogen and oxygen atoms in total. The average Bonchev–Trinajstić information content (AvgIpc) is 2.82. The first-order valence-corrected chi connectivity index (χ1v) is 7.68. The Hall–Kier alpha value is -1.93. The predicted molar refractivity (Wildman–Crippen MR) is 75.6 cm³/mol. The van der Waals surface area contributed by atoms with Gasteiger partial charge in [0.05, 0.1) is 23.3 Å². The molecular weight excluding hydrogens is 278 g/mol. The number of nitrogens with zero attached hydrogens (tertiary/aromatic N) is 3. The molecule has 1 aromatic heterocycles. The van der Waals surface area contributed by atoms with Gasteiger partial charge in [0.2, 0.25) is 10.0 Å². The van der Waals surface area contributed by atoms with Crippen molar-refractivity contribution in [3.63, 3.8) is 0 Å². The maximum absolute atomic E-state index is 11.8. The van der Waals surface area contributed by atoms with Crippen molar-refractivity contribution in [1.82, 2.24) is 19.7 Å². The third kappa shape index (κ3) is 3.34. The lowest BCUT2D eigenvalue weighted by atomic mass is 10.3. The fraction of sp³-hybridized carbons (Fsp3) is 0.333. The highest BCUT2D eigenvalue weighted by atomic mass is 32.2. The van der Waals surface area contributed by atoms with Gasteiger partial charge in [-0.15, -0.1) is 5.10 Å². The van der Waals surface area contributed by atoms with Crippen LogP contribution in [0.15, 0.2) is 35.4 Å². The van der Waals surface area contributed by atoms with E-state index in [0.717, 1.165) is 11.4 Å². The summed E-state index contributed by atoms with van der Waals surface area (Å²) in [4.78, 5) is 0.257. The third-order valence-electron chi connectivity index (χ3n) is 2.78. The molecule has 2 N–H and O–H groups in total. The maximum atomic E-state index is 11.8. The van der Waals surface area contributed by atoms with E-state index in [-0.39, 0.29) is 4.90 Å². The molecular formula is C12H17N5O2S. The van der Waals surface area contributed by atoms with Gasteiger partial charge in [-0.2, -0.15) is 0 Å². The molecule has 0 unspecified atom stereocenters. The number of aryl methyl sites for hydroxylation is 1. The Bertz CT molecular complexity index is 663. The first kappa shape index (κ1) is 14.5. The molecule has 0 saturated carbocycles. The van der Waals surface area contributed by atoms with Crippen LogP contribution in [0.1, 0.15) is 12.6 Å². The average molecular weight is 295 g/mol. The van der Waals surface area contributed by atoms with Crippen LogP contribution in [0.3, 0.4) is 0 Å². The van der Waals surface area contributed by atoms with Gasteiger partial charge in [-0.05, 0) is 24.3 Å². The van der Waals surface area contributed by atoms with Crippen LogP contribution in [-0.4, -0.2) is 30.0 Å². The Morgan fingerprint density at radius 2 is 1.95 bits per heavy atom. The summed E-state index contributed by atoms with van der Waals surface area (Å²) >= 11 is 0. The van der Waals surface area contributed by atoms with Crippen molar-refractivity contribution in [2.75, 3.05) is 11.9 Å². The summed E-state index contributed by atoms with van der Waals surface area (Å²) in [5, 5.41) is 10.8. The van der Waals surface area contributed by atoms with Crippen LogP contribution >= 0.6 is 0 Å². The topological polar surface area (TPSA) is 88.9 Å². The Labute approximate surface area is 118 Å². The zero-order valence-corrected chi connectivity index (χ0v) is 12.2. The number of benzene rings is 1. The Kier molecular flexibility index (Phi) is 4.35. The van der Waals surface area contributed by atoms with Crippen LogP contribution < -0.4 is 10.0 Å². The maximum Gasteiger partial charge on any atom is 0.240 e. The fourth-order valence-electron chi connectivity index (χ4n) is 1.69. The van der Waals surface area contributed by atoms with E-state index in [2.05, 4.69) is 20.4 Å². The first-order chi connectivity index (χ1) is 9.53. The molecule has 0 spiro atoms. The Morgan fingerprint density at radius 3 is 2.50 bits per heavy atom. The van der Waals surface area contributed by atoms with Crippen LogP contribution in [0.25, 0.3) is 0 Å². The van der Waals surface area contributed by atoms with Gasteiger partial charge in [0.15, 0.2) is 0 Å².